The van der Waals surface area contributed by atoms with E-state index < -0.39 is 5.97 Å². The van der Waals surface area contributed by atoms with E-state index in [1.54, 1.807) is 6.92 Å². The maximum Gasteiger partial charge on any atom is 0.0442 e. The molecule has 0 bridgehead atoms. The van der Waals surface area contributed by atoms with Crippen LogP contribution >= 0.6 is 0 Å². The summed E-state index contributed by atoms with van der Waals surface area (Å²) in [7, 11) is 0. The van der Waals surface area contributed by atoms with Gasteiger partial charge in [0.05, 0.1) is 0 Å². The minimum Gasteiger partial charge on any atom is -0.550 e. The van der Waals surface area contributed by atoms with E-state index >= 15 is 0 Å². The highest BCUT2D eigenvalue weighted by atomic mass is 16.4. The molecule has 2 nitrogen and oxygen atoms in total. The summed E-state index contributed by atoms with van der Waals surface area (Å²) in [5, 5.41) is 10.2. The molecule has 10 heavy (non-hydrogen) atoms. The molecule has 1 atom stereocenters. The lowest BCUT2D eigenvalue weighted by Crippen LogP contribution is -2.29. The van der Waals surface area contributed by atoms with Crippen LogP contribution in [0.1, 0.15) is 39.5 Å². The van der Waals surface area contributed by atoms with Crippen molar-refractivity contribution in [1.82, 2.24) is 0 Å². The predicted octanol–water partition coefficient (Wildman–Crippen LogP) is 0.953. The molecule has 0 spiro atoms. The molecule has 0 rings (SSSR count). The van der Waals surface area contributed by atoms with Crippen LogP contribution in [0.15, 0.2) is 0 Å². The first-order valence-corrected chi connectivity index (χ1v) is 3.89. The van der Waals surface area contributed by atoms with Crippen molar-refractivity contribution >= 4 is 5.97 Å². The van der Waals surface area contributed by atoms with Crippen molar-refractivity contribution in [3.8, 4) is 0 Å². The van der Waals surface area contributed by atoms with Crippen LogP contribution in [-0.4, -0.2) is 5.97 Å². The molecule has 0 aliphatic heterocycles. The molecule has 60 valence electrons. The van der Waals surface area contributed by atoms with E-state index in [1.165, 1.54) is 0 Å². The average molecular weight is 143 g/mol. The van der Waals surface area contributed by atoms with Gasteiger partial charge in [-0.3, -0.25) is 0 Å². The van der Waals surface area contributed by atoms with Crippen molar-refractivity contribution in [2.75, 3.05) is 0 Å². The van der Waals surface area contributed by atoms with Gasteiger partial charge in [0.1, 0.15) is 0 Å². The molecule has 0 aromatic rings. The Morgan fingerprint density at radius 3 is 2.50 bits per heavy atom. The molecule has 0 amide bonds. The molecule has 0 unspecified atom stereocenters. The van der Waals surface area contributed by atoms with Gasteiger partial charge in [0, 0.05) is 5.97 Å². The molecule has 0 aliphatic rings. The Kier molecular flexibility index (Phi) is 4.99. The van der Waals surface area contributed by atoms with Crippen LogP contribution in [-0.2, 0) is 4.79 Å². The molecular formula is C8H15O2-. The Hall–Kier alpha value is -0.530. The largest absolute Gasteiger partial charge is 0.550 e. The van der Waals surface area contributed by atoms with Gasteiger partial charge in [-0.2, -0.15) is 0 Å². The zero-order chi connectivity index (χ0) is 7.98. The van der Waals surface area contributed by atoms with Crippen LogP contribution in [0, 0.1) is 5.92 Å². The van der Waals surface area contributed by atoms with E-state index in [4.69, 9.17) is 0 Å². The normalized spacial score (nSPS) is 13.0. The molecule has 0 N–H and O–H groups in total. The van der Waals surface area contributed by atoms with Crippen molar-refractivity contribution in [2.45, 2.75) is 39.5 Å². The topological polar surface area (TPSA) is 40.1 Å². The fourth-order valence-corrected chi connectivity index (χ4v) is 0.818. The first-order chi connectivity index (χ1) is 4.68. The fraction of sp³-hybridized carbons (Fsp3) is 0.875. The van der Waals surface area contributed by atoms with E-state index in [2.05, 4.69) is 6.92 Å². The van der Waals surface area contributed by atoms with Gasteiger partial charge >= 0.3 is 0 Å². The molecule has 0 heterocycles. The van der Waals surface area contributed by atoms with Crippen molar-refractivity contribution in [3.63, 3.8) is 0 Å². The van der Waals surface area contributed by atoms with Crippen LogP contribution in [0.2, 0.25) is 0 Å². The third-order valence-corrected chi connectivity index (χ3v) is 1.64. The number of carboxylic acid groups (broad SMARTS) is 1. The highest BCUT2D eigenvalue weighted by Gasteiger charge is 2.00. The van der Waals surface area contributed by atoms with Gasteiger partial charge in [0.25, 0.3) is 0 Å². The summed E-state index contributed by atoms with van der Waals surface area (Å²) in [6.07, 6.45) is 4.03. The summed E-state index contributed by atoms with van der Waals surface area (Å²) in [6.45, 7) is 3.80. The minimum atomic E-state index is -0.920. The van der Waals surface area contributed by atoms with Crippen molar-refractivity contribution in [3.05, 3.63) is 0 Å². The van der Waals surface area contributed by atoms with E-state index in [-0.39, 0.29) is 5.92 Å². The Labute approximate surface area is 62.2 Å². The SMILES string of the molecule is CCCCC[C@H](C)C(=O)[O-]. The van der Waals surface area contributed by atoms with Gasteiger partial charge < -0.3 is 9.90 Å². The quantitative estimate of drug-likeness (QED) is 0.538. The van der Waals surface area contributed by atoms with Gasteiger partial charge in [-0.1, -0.05) is 33.1 Å². The number of aliphatic carboxylic acids is 1. The second kappa shape index (κ2) is 5.27. The molecule has 0 aromatic heterocycles. The fourth-order valence-electron chi connectivity index (χ4n) is 0.818. The van der Waals surface area contributed by atoms with Gasteiger partial charge in [-0.25, -0.2) is 0 Å². The average Bonchev–Trinajstić information content (AvgIpc) is 1.88. The van der Waals surface area contributed by atoms with Gasteiger partial charge in [-0.15, -0.1) is 0 Å². The summed E-state index contributed by atoms with van der Waals surface area (Å²) in [5.41, 5.74) is 0. The maximum absolute atomic E-state index is 10.2. The van der Waals surface area contributed by atoms with Crippen molar-refractivity contribution in [1.29, 1.82) is 0 Å². The predicted molar refractivity (Wildman–Crippen MR) is 38.3 cm³/mol. The standard InChI is InChI=1S/C8H16O2/c1-3-4-5-6-7(2)8(9)10/h7H,3-6H2,1-2H3,(H,9,10)/p-1/t7-/m0/s1. The number of hydrogen-bond acceptors (Lipinski definition) is 2. The second-order valence-electron chi connectivity index (χ2n) is 2.72. The summed E-state index contributed by atoms with van der Waals surface area (Å²) in [4.78, 5) is 10.2. The summed E-state index contributed by atoms with van der Waals surface area (Å²) in [5.74, 6) is -1.19. The number of rotatable bonds is 5. The van der Waals surface area contributed by atoms with Crippen molar-refractivity contribution in [2.24, 2.45) is 5.92 Å². The van der Waals surface area contributed by atoms with Crippen LogP contribution in [0.25, 0.3) is 0 Å². The number of carbonyl (C=O) groups excluding carboxylic acids is 1. The third kappa shape index (κ3) is 4.36. The molecule has 0 saturated heterocycles. The number of hydrogen-bond donors (Lipinski definition) is 0. The van der Waals surface area contributed by atoms with Crippen LogP contribution in [0.3, 0.4) is 0 Å². The lowest BCUT2D eigenvalue weighted by atomic mass is 10.0. The van der Waals surface area contributed by atoms with Gasteiger partial charge in [0.2, 0.25) is 0 Å². The first kappa shape index (κ1) is 9.47. The summed E-state index contributed by atoms with van der Waals surface area (Å²) in [6, 6.07) is 0. The van der Waals surface area contributed by atoms with E-state index in [0.717, 1.165) is 25.7 Å². The molecule has 0 fully saturated rings. The van der Waals surface area contributed by atoms with Gasteiger partial charge in [0.15, 0.2) is 0 Å². The molecule has 0 saturated carbocycles. The Morgan fingerprint density at radius 2 is 2.10 bits per heavy atom. The Morgan fingerprint density at radius 1 is 1.50 bits per heavy atom. The van der Waals surface area contributed by atoms with Crippen LogP contribution < -0.4 is 5.11 Å². The molecule has 0 aromatic carbocycles. The highest BCUT2D eigenvalue weighted by Crippen LogP contribution is 2.07. The number of unbranched alkanes of at least 4 members (excludes halogenated alkanes) is 2. The lowest BCUT2D eigenvalue weighted by molar-refractivity contribution is -0.311. The maximum atomic E-state index is 10.2. The third-order valence-electron chi connectivity index (χ3n) is 1.64. The van der Waals surface area contributed by atoms with E-state index in [0.29, 0.717) is 0 Å². The Balaban J connectivity index is 3.21. The first-order valence-electron chi connectivity index (χ1n) is 3.89. The van der Waals surface area contributed by atoms with Crippen molar-refractivity contribution < 1.29 is 9.90 Å². The second-order valence-corrected chi connectivity index (χ2v) is 2.72. The molecule has 0 radical (unpaired) electrons. The Bertz CT molecular complexity index is 99.4. The van der Waals surface area contributed by atoms with Crippen LogP contribution in [0.4, 0.5) is 0 Å². The zero-order valence-corrected chi connectivity index (χ0v) is 6.72. The highest BCUT2D eigenvalue weighted by molar-refractivity contribution is 5.66. The summed E-state index contributed by atoms with van der Waals surface area (Å²) < 4.78 is 0. The molecular weight excluding hydrogens is 128 g/mol. The van der Waals surface area contributed by atoms with Crippen LogP contribution in [0.5, 0.6) is 0 Å². The summed E-state index contributed by atoms with van der Waals surface area (Å²) >= 11 is 0. The number of carbonyl (C=O) groups is 1. The molecule has 2 heteroatoms. The smallest absolute Gasteiger partial charge is 0.0442 e. The van der Waals surface area contributed by atoms with E-state index in [9.17, 15) is 9.90 Å². The monoisotopic (exact) mass is 143 g/mol. The zero-order valence-electron chi connectivity index (χ0n) is 6.72. The van der Waals surface area contributed by atoms with Gasteiger partial charge in [-0.05, 0) is 12.3 Å². The lowest BCUT2D eigenvalue weighted by Gasteiger charge is -2.10. The molecule has 0 aliphatic carbocycles. The van der Waals surface area contributed by atoms with E-state index in [1.807, 2.05) is 0 Å². The minimum absolute atomic E-state index is 0.272. The number of carboxylic acids is 1.